The average molecular weight is 535 g/mol. The predicted octanol–water partition coefficient (Wildman–Crippen LogP) is 2.15. The van der Waals surface area contributed by atoms with Gasteiger partial charge in [-0.2, -0.15) is 0 Å². The number of hydrogen-bond acceptors (Lipinski definition) is 8. The fraction of sp³-hybridized carbons (Fsp3) is 0.357. The number of benzene rings is 2. The zero-order valence-corrected chi connectivity index (χ0v) is 22.8. The second kappa shape index (κ2) is 13.0. The maximum absolute atomic E-state index is 13.4. The van der Waals surface area contributed by atoms with E-state index in [1.807, 2.05) is 27.7 Å². The minimum atomic E-state index is -0.956. The molecule has 0 fully saturated rings. The number of nitrogens with one attached hydrogen (secondary N) is 4. The van der Waals surface area contributed by atoms with E-state index in [0.717, 1.165) is 5.56 Å². The van der Waals surface area contributed by atoms with Crippen LogP contribution in [0.15, 0.2) is 53.5 Å². The van der Waals surface area contributed by atoms with Crippen molar-refractivity contribution in [1.29, 1.82) is 5.41 Å². The van der Waals surface area contributed by atoms with Gasteiger partial charge in [0.1, 0.15) is 18.6 Å². The number of nitrogen functional groups attached to an aromatic ring is 2. The lowest BCUT2D eigenvalue weighted by atomic mass is 10.0. The Morgan fingerprint density at radius 1 is 1.13 bits per heavy atom. The van der Waals surface area contributed by atoms with E-state index in [9.17, 15) is 14.7 Å². The molecule has 0 spiro atoms. The molecule has 208 valence electrons. The highest BCUT2D eigenvalue weighted by Crippen LogP contribution is 2.26. The van der Waals surface area contributed by atoms with Crippen molar-refractivity contribution in [3.63, 3.8) is 0 Å². The van der Waals surface area contributed by atoms with Gasteiger partial charge >= 0.3 is 0 Å². The Kier molecular flexibility index (Phi) is 9.80. The van der Waals surface area contributed by atoms with E-state index in [1.165, 1.54) is 10.8 Å². The second-order valence-corrected chi connectivity index (χ2v) is 10.2. The van der Waals surface area contributed by atoms with Crippen molar-refractivity contribution in [2.45, 2.75) is 53.1 Å². The summed E-state index contributed by atoms with van der Waals surface area (Å²) in [7, 11) is 0. The molecule has 0 saturated carbocycles. The summed E-state index contributed by atoms with van der Waals surface area (Å²) in [5.41, 5.74) is 14.5. The van der Waals surface area contributed by atoms with E-state index in [-0.39, 0.29) is 36.7 Å². The zero-order valence-electron chi connectivity index (χ0n) is 22.8. The van der Waals surface area contributed by atoms with Gasteiger partial charge in [-0.15, -0.1) is 0 Å². The third-order valence-corrected chi connectivity index (χ3v) is 5.84. The Balaban J connectivity index is 1.92. The van der Waals surface area contributed by atoms with Crippen LogP contribution in [0.3, 0.4) is 0 Å². The van der Waals surface area contributed by atoms with Gasteiger partial charge < -0.3 is 27.2 Å². The number of aliphatic hydroxyl groups is 1. The number of rotatable bonds is 12. The number of aromatic nitrogens is 2. The van der Waals surface area contributed by atoms with Crippen molar-refractivity contribution in [2.75, 3.05) is 17.6 Å². The maximum Gasteiger partial charge on any atom is 0.294 e. The predicted molar refractivity (Wildman–Crippen MR) is 154 cm³/mol. The van der Waals surface area contributed by atoms with Crippen molar-refractivity contribution in [3.8, 4) is 11.3 Å². The molecule has 0 aliphatic carbocycles. The first-order valence-electron chi connectivity index (χ1n) is 12.8. The highest BCUT2D eigenvalue weighted by Gasteiger charge is 2.18. The second-order valence-electron chi connectivity index (χ2n) is 10.2. The van der Waals surface area contributed by atoms with Gasteiger partial charge in [0.15, 0.2) is 5.82 Å². The summed E-state index contributed by atoms with van der Waals surface area (Å²) in [5, 5.41) is 27.1. The molecule has 0 aliphatic heterocycles. The van der Waals surface area contributed by atoms with Gasteiger partial charge in [0, 0.05) is 35.9 Å². The van der Waals surface area contributed by atoms with Gasteiger partial charge in [-0.1, -0.05) is 38.1 Å². The largest absolute Gasteiger partial charge is 0.399 e. The summed E-state index contributed by atoms with van der Waals surface area (Å²) in [6, 6.07) is 12.0. The average Bonchev–Trinajstić information content (AvgIpc) is 2.88. The molecule has 1 atom stereocenters. The molecule has 11 heteroatoms. The van der Waals surface area contributed by atoms with Crippen LogP contribution in [0.1, 0.15) is 50.6 Å². The summed E-state index contributed by atoms with van der Waals surface area (Å²) >= 11 is 0. The van der Waals surface area contributed by atoms with Crippen molar-refractivity contribution >= 4 is 23.2 Å². The molecule has 1 unspecified atom stereocenters. The summed E-state index contributed by atoms with van der Waals surface area (Å²) < 4.78 is 1.35. The van der Waals surface area contributed by atoms with Crippen LogP contribution in [0, 0.1) is 11.3 Å². The molecule has 0 bridgehead atoms. The molecule has 2 aromatic carbocycles. The minimum Gasteiger partial charge on any atom is -0.399 e. The van der Waals surface area contributed by atoms with Crippen LogP contribution in [0.4, 0.5) is 11.5 Å². The van der Waals surface area contributed by atoms with Crippen LogP contribution < -0.4 is 33.0 Å². The van der Waals surface area contributed by atoms with Gasteiger partial charge in [-0.25, -0.2) is 4.98 Å². The Morgan fingerprint density at radius 2 is 1.82 bits per heavy atom. The first kappa shape index (κ1) is 29.3. The van der Waals surface area contributed by atoms with Gasteiger partial charge in [-0.05, 0) is 49.1 Å². The Hall–Kier alpha value is -4.22. The molecule has 0 aliphatic rings. The smallest absolute Gasteiger partial charge is 0.294 e. The van der Waals surface area contributed by atoms with Crippen LogP contribution in [0.25, 0.3) is 11.3 Å². The van der Waals surface area contributed by atoms with E-state index in [0.29, 0.717) is 40.5 Å². The van der Waals surface area contributed by atoms with Crippen molar-refractivity contribution in [1.82, 2.24) is 20.2 Å². The number of nitrogens with two attached hydrogens (primary N) is 2. The molecule has 3 rings (SSSR count). The number of aliphatic hydroxyl groups excluding tert-OH is 1. The van der Waals surface area contributed by atoms with E-state index < -0.39 is 11.8 Å². The Labute approximate surface area is 228 Å². The summed E-state index contributed by atoms with van der Waals surface area (Å²) in [4.78, 5) is 30.7. The molecule has 9 N–H and O–H groups in total. The monoisotopic (exact) mass is 534 g/mol. The van der Waals surface area contributed by atoms with Crippen LogP contribution in [-0.4, -0.2) is 39.0 Å². The normalized spacial score (nSPS) is 12.0. The van der Waals surface area contributed by atoms with E-state index in [4.69, 9.17) is 16.9 Å². The fourth-order valence-electron chi connectivity index (χ4n) is 3.90. The molecule has 0 radical (unpaired) electrons. The molecule has 0 saturated heterocycles. The lowest BCUT2D eigenvalue weighted by molar-refractivity contribution is -0.121. The summed E-state index contributed by atoms with van der Waals surface area (Å²) in [6.07, 6.45) is 0.564. The summed E-state index contributed by atoms with van der Waals surface area (Å²) in [5.74, 6) is 0.0534. The van der Waals surface area contributed by atoms with Crippen LogP contribution >= 0.6 is 0 Å². The lowest BCUT2D eigenvalue weighted by Gasteiger charge is -2.19. The number of amides is 1. The number of carbonyl (C=O) groups is 1. The Morgan fingerprint density at radius 3 is 2.44 bits per heavy atom. The third-order valence-electron chi connectivity index (χ3n) is 5.84. The van der Waals surface area contributed by atoms with Crippen molar-refractivity contribution in [3.05, 3.63) is 75.7 Å². The molecular weight excluding hydrogens is 496 g/mol. The number of anilines is 2. The highest BCUT2D eigenvalue weighted by molar-refractivity contribution is 5.94. The van der Waals surface area contributed by atoms with Gasteiger partial charge in [0.2, 0.25) is 5.91 Å². The van der Waals surface area contributed by atoms with Crippen LogP contribution in [0.5, 0.6) is 0 Å². The molecule has 1 amide bonds. The van der Waals surface area contributed by atoms with Crippen molar-refractivity contribution < 1.29 is 9.90 Å². The maximum atomic E-state index is 13.4. The highest BCUT2D eigenvalue weighted by atomic mass is 16.3. The number of hydrogen-bond donors (Lipinski definition) is 7. The topological polar surface area (TPSA) is 184 Å². The zero-order chi connectivity index (χ0) is 28.7. The number of nitrogens with zero attached hydrogens (tertiary/aromatic N) is 2. The van der Waals surface area contributed by atoms with Crippen LogP contribution in [0.2, 0.25) is 0 Å². The molecule has 1 heterocycles. The van der Waals surface area contributed by atoms with E-state index >= 15 is 0 Å². The molecule has 3 aromatic rings. The first-order chi connectivity index (χ1) is 18.4. The number of amidine groups is 1. The van der Waals surface area contributed by atoms with Gasteiger partial charge in [0.05, 0.1) is 11.9 Å². The standard InChI is InChI=1S/C28H38N8O3/c1-16(2)12-34-27(38)21-9-20(10-22(29)11-21)23-14-33-26(35-17(3)4)28(39)36(23)15-24(37)32-13-18-5-7-19(8-6-18)25(30)31/h5-11,14,16-17,27,34,38H,12-13,15,29H2,1-4H3,(H3,30,31)(H,32,37)(H,33,35). The van der Waals surface area contributed by atoms with E-state index in [2.05, 4.69) is 20.9 Å². The molecule has 11 nitrogen and oxygen atoms in total. The SMILES string of the molecule is CC(C)CNC(O)c1cc(N)cc(-c2cnc(NC(C)C)c(=O)n2CC(=O)NCc2ccc(C(=N)N)cc2)c1. The summed E-state index contributed by atoms with van der Waals surface area (Å²) in [6.45, 7) is 8.43. The molecule has 39 heavy (non-hydrogen) atoms. The van der Waals surface area contributed by atoms with Gasteiger partial charge in [0.25, 0.3) is 5.56 Å². The molecule has 1 aromatic heterocycles. The first-order valence-corrected chi connectivity index (χ1v) is 12.8. The minimum absolute atomic E-state index is 0.0334. The lowest BCUT2D eigenvalue weighted by Crippen LogP contribution is -2.35. The van der Waals surface area contributed by atoms with Crippen LogP contribution in [-0.2, 0) is 17.9 Å². The number of carbonyl (C=O) groups excluding carboxylic acids is 1. The Bertz CT molecular complexity index is 1370. The van der Waals surface area contributed by atoms with E-state index in [1.54, 1.807) is 42.5 Å². The fourth-order valence-corrected chi connectivity index (χ4v) is 3.90. The van der Waals surface area contributed by atoms with Crippen molar-refractivity contribution in [2.24, 2.45) is 11.7 Å². The quantitative estimate of drug-likeness (QED) is 0.0797. The van der Waals surface area contributed by atoms with Gasteiger partial charge in [-0.3, -0.25) is 24.9 Å². The molecular formula is C28H38N8O3. The third kappa shape index (κ3) is 8.13.